The molecule has 2 aromatic heterocycles. The molecule has 0 aliphatic carbocycles. The normalized spacial score (nSPS) is 15.0. The lowest BCUT2D eigenvalue weighted by molar-refractivity contribution is 0.413. The van der Waals surface area contributed by atoms with Crippen LogP contribution in [0, 0.1) is 0 Å². The predicted octanol–water partition coefficient (Wildman–Crippen LogP) is 2.44. The number of nitrogens with one attached hydrogen (secondary N) is 2. The number of nitrogens with zero attached hydrogens (tertiary/aromatic N) is 3. The van der Waals surface area contributed by atoms with Crippen LogP contribution in [-0.4, -0.2) is 41.3 Å². The first kappa shape index (κ1) is 16.4. The summed E-state index contributed by atoms with van der Waals surface area (Å²) >= 11 is 5.38. The number of rotatable bonds is 4. The van der Waals surface area contributed by atoms with Gasteiger partial charge in [-0.25, -0.2) is 4.98 Å². The van der Waals surface area contributed by atoms with E-state index in [0.29, 0.717) is 11.2 Å². The summed E-state index contributed by atoms with van der Waals surface area (Å²) in [6.07, 6.45) is 7.29. The van der Waals surface area contributed by atoms with E-state index in [1.165, 1.54) is 0 Å². The zero-order chi connectivity index (χ0) is 16.8. The summed E-state index contributed by atoms with van der Waals surface area (Å²) in [4.78, 5) is 10.8. The number of aromatic nitrogens is 2. The molecule has 0 aromatic carbocycles. The average molecular weight is 343 g/mol. The van der Waals surface area contributed by atoms with E-state index in [1.807, 2.05) is 24.3 Å². The highest BCUT2D eigenvalue weighted by Crippen LogP contribution is 2.21. The Kier molecular flexibility index (Phi) is 5.43. The van der Waals surface area contributed by atoms with Crippen molar-refractivity contribution >= 4 is 28.8 Å². The van der Waals surface area contributed by atoms with Gasteiger partial charge >= 0.3 is 0 Å². The lowest BCUT2D eigenvalue weighted by atomic mass is 10.1. The van der Waals surface area contributed by atoms with Crippen molar-refractivity contribution in [2.75, 3.05) is 30.4 Å². The van der Waals surface area contributed by atoms with Gasteiger partial charge < -0.3 is 20.3 Å². The second kappa shape index (κ2) is 7.92. The highest BCUT2D eigenvalue weighted by Gasteiger charge is 2.21. The molecule has 24 heavy (non-hydrogen) atoms. The van der Waals surface area contributed by atoms with Crippen molar-refractivity contribution in [3.8, 4) is 5.75 Å². The van der Waals surface area contributed by atoms with Crippen LogP contribution < -0.4 is 20.3 Å². The van der Waals surface area contributed by atoms with Crippen molar-refractivity contribution in [3.63, 3.8) is 0 Å². The van der Waals surface area contributed by atoms with E-state index in [4.69, 9.17) is 17.0 Å². The molecule has 0 spiro atoms. The molecule has 0 radical (unpaired) electrons. The van der Waals surface area contributed by atoms with Crippen LogP contribution in [0.25, 0.3) is 0 Å². The largest absolute Gasteiger partial charge is 0.497 e. The molecular formula is C17H21N5OS. The van der Waals surface area contributed by atoms with Crippen LogP contribution >= 0.6 is 12.2 Å². The molecule has 0 unspecified atom stereocenters. The summed E-state index contributed by atoms with van der Waals surface area (Å²) in [5.74, 6) is 1.80. The van der Waals surface area contributed by atoms with Crippen LogP contribution in [0.1, 0.15) is 12.8 Å². The highest BCUT2D eigenvalue weighted by atomic mass is 32.1. The van der Waals surface area contributed by atoms with Crippen LogP contribution in [0.2, 0.25) is 0 Å². The van der Waals surface area contributed by atoms with Gasteiger partial charge in [0.15, 0.2) is 5.11 Å². The van der Waals surface area contributed by atoms with Gasteiger partial charge in [0, 0.05) is 37.6 Å². The minimum atomic E-state index is 0.364. The van der Waals surface area contributed by atoms with Gasteiger partial charge in [0.1, 0.15) is 11.6 Å². The zero-order valence-electron chi connectivity index (χ0n) is 13.6. The van der Waals surface area contributed by atoms with E-state index in [9.17, 15) is 0 Å². The van der Waals surface area contributed by atoms with Gasteiger partial charge in [0.05, 0.1) is 19.0 Å². The third-order valence-electron chi connectivity index (χ3n) is 4.03. The van der Waals surface area contributed by atoms with Crippen LogP contribution in [0.3, 0.4) is 0 Å². The molecule has 3 rings (SSSR count). The van der Waals surface area contributed by atoms with E-state index in [2.05, 4.69) is 25.5 Å². The number of piperidine rings is 1. The van der Waals surface area contributed by atoms with Crippen molar-refractivity contribution in [1.82, 2.24) is 15.3 Å². The third kappa shape index (κ3) is 4.32. The first-order valence-corrected chi connectivity index (χ1v) is 8.38. The quantitative estimate of drug-likeness (QED) is 0.827. The fourth-order valence-corrected chi connectivity index (χ4v) is 3.03. The summed E-state index contributed by atoms with van der Waals surface area (Å²) in [5.41, 5.74) is 0.896. The Bertz CT molecular complexity index is 674. The maximum Gasteiger partial charge on any atom is 0.171 e. The molecule has 2 aromatic rings. The van der Waals surface area contributed by atoms with E-state index in [0.717, 1.165) is 43.2 Å². The molecule has 1 fully saturated rings. The molecule has 0 atom stereocenters. The van der Waals surface area contributed by atoms with Crippen molar-refractivity contribution in [3.05, 3.63) is 42.9 Å². The number of hydrogen-bond donors (Lipinski definition) is 2. The molecule has 0 amide bonds. The summed E-state index contributed by atoms with van der Waals surface area (Å²) < 4.78 is 5.27. The molecule has 2 N–H and O–H groups in total. The standard InChI is InChI=1S/C17H21N5OS/c1-23-15-4-8-19-16(11-15)22-9-5-13(6-10-22)20-17(24)21-14-3-2-7-18-12-14/h2-4,7-8,11-13H,5-6,9-10H2,1H3,(H2,20,21,24). The molecule has 6 nitrogen and oxygen atoms in total. The first-order chi connectivity index (χ1) is 11.7. The van der Waals surface area contributed by atoms with Crippen LogP contribution in [0.5, 0.6) is 5.75 Å². The summed E-state index contributed by atoms with van der Waals surface area (Å²) in [6.45, 7) is 1.88. The number of anilines is 2. The second-order valence-electron chi connectivity index (χ2n) is 5.66. The fourth-order valence-electron chi connectivity index (χ4n) is 2.74. The smallest absolute Gasteiger partial charge is 0.171 e. The molecule has 1 aliphatic rings. The van der Waals surface area contributed by atoms with Gasteiger partial charge in [-0.2, -0.15) is 0 Å². The van der Waals surface area contributed by atoms with Crippen LogP contribution in [0.15, 0.2) is 42.9 Å². The Labute approximate surface area is 147 Å². The number of pyridine rings is 2. The molecule has 7 heteroatoms. The van der Waals surface area contributed by atoms with E-state index < -0.39 is 0 Å². The molecule has 126 valence electrons. The number of methoxy groups -OCH3 is 1. The molecule has 3 heterocycles. The average Bonchev–Trinajstić information content (AvgIpc) is 2.63. The van der Waals surface area contributed by atoms with Gasteiger partial charge in [-0.05, 0) is 43.3 Å². The number of thiocarbonyl (C=S) groups is 1. The summed E-state index contributed by atoms with van der Waals surface area (Å²) in [6, 6.07) is 8.02. The minimum absolute atomic E-state index is 0.364. The van der Waals surface area contributed by atoms with Gasteiger partial charge in [0.2, 0.25) is 0 Å². The molecule has 0 saturated carbocycles. The Morgan fingerprint density at radius 1 is 1.29 bits per heavy atom. The van der Waals surface area contributed by atoms with Gasteiger partial charge in [-0.15, -0.1) is 0 Å². The van der Waals surface area contributed by atoms with Crippen molar-refractivity contribution < 1.29 is 4.74 Å². The molecule has 1 saturated heterocycles. The summed E-state index contributed by atoms with van der Waals surface area (Å²) in [5, 5.41) is 7.18. The van der Waals surface area contributed by atoms with E-state index in [-0.39, 0.29) is 0 Å². The number of ether oxygens (including phenoxy) is 1. The SMILES string of the molecule is COc1ccnc(N2CCC(NC(=S)Nc3cccnc3)CC2)c1. The van der Waals surface area contributed by atoms with Gasteiger partial charge in [-0.3, -0.25) is 4.98 Å². The Morgan fingerprint density at radius 2 is 2.12 bits per heavy atom. The minimum Gasteiger partial charge on any atom is -0.497 e. The Morgan fingerprint density at radius 3 is 2.83 bits per heavy atom. The van der Waals surface area contributed by atoms with Crippen molar-refractivity contribution in [2.24, 2.45) is 0 Å². The molecular weight excluding hydrogens is 322 g/mol. The third-order valence-corrected chi connectivity index (χ3v) is 4.25. The monoisotopic (exact) mass is 343 g/mol. The topological polar surface area (TPSA) is 62.3 Å². The lowest BCUT2D eigenvalue weighted by Gasteiger charge is -2.33. The van der Waals surface area contributed by atoms with Crippen LogP contribution in [-0.2, 0) is 0 Å². The van der Waals surface area contributed by atoms with Crippen molar-refractivity contribution in [1.29, 1.82) is 0 Å². The maximum atomic E-state index is 5.38. The highest BCUT2D eigenvalue weighted by molar-refractivity contribution is 7.80. The molecule has 0 bridgehead atoms. The molecule has 1 aliphatic heterocycles. The second-order valence-corrected chi connectivity index (χ2v) is 6.06. The van der Waals surface area contributed by atoms with Crippen molar-refractivity contribution in [2.45, 2.75) is 18.9 Å². The van der Waals surface area contributed by atoms with E-state index in [1.54, 1.807) is 25.7 Å². The summed E-state index contributed by atoms with van der Waals surface area (Å²) in [7, 11) is 1.67. The Balaban J connectivity index is 1.49. The zero-order valence-corrected chi connectivity index (χ0v) is 14.4. The predicted molar refractivity (Wildman–Crippen MR) is 99.6 cm³/mol. The fraction of sp³-hybridized carbons (Fsp3) is 0.353. The van der Waals surface area contributed by atoms with E-state index >= 15 is 0 Å². The van der Waals surface area contributed by atoms with Gasteiger partial charge in [0.25, 0.3) is 0 Å². The first-order valence-electron chi connectivity index (χ1n) is 7.97. The van der Waals surface area contributed by atoms with Crippen LogP contribution in [0.4, 0.5) is 11.5 Å². The maximum absolute atomic E-state index is 5.38. The lowest BCUT2D eigenvalue weighted by Crippen LogP contribution is -2.46. The number of hydrogen-bond acceptors (Lipinski definition) is 5. The Hall–Kier alpha value is -2.41. The van der Waals surface area contributed by atoms with Gasteiger partial charge in [-0.1, -0.05) is 0 Å².